The van der Waals surface area contributed by atoms with E-state index in [4.69, 9.17) is 0 Å². The summed E-state index contributed by atoms with van der Waals surface area (Å²) in [4.78, 5) is 23.6. The van der Waals surface area contributed by atoms with Gasteiger partial charge in [-0.3, -0.25) is 9.89 Å². The van der Waals surface area contributed by atoms with Gasteiger partial charge in [-0.2, -0.15) is 5.10 Å². The molecule has 1 aliphatic carbocycles. The van der Waals surface area contributed by atoms with Crippen LogP contribution in [0.2, 0.25) is 0 Å². The van der Waals surface area contributed by atoms with Gasteiger partial charge in [-0.05, 0) is 36.6 Å². The van der Waals surface area contributed by atoms with Crippen molar-refractivity contribution in [2.75, 3.05) is 0 Å². The van der Waals surface area contributed by atoms with Gasteiger partial charge in [0.05, 0.1) is 0 Å². The minimum atomic E-state index is -1.12. The van der Waals surface area contributed by atoms with E-state index in [0.29, 0.717) is 11.5 Å². The van der Waals surface area contributed by atoms with Crippen LogP contribution in [-0.4, -0.2) is 27.2 Å². The molecule has 1 amide bonds. The number of amides is 1. The van der Waals surface area contributed by atoms with Gasteiger partial charge in [0.1, 0.15) is 5.69 Å². The predicted molar refractivity (Wildman–Crippen MR) is 82.5 cm³/mol. The van der Waals surface area contributed by atoms with Crippen LogP contribution in [0.15, 0.2) is 34.8 Å². The van der Waals surface area contributed by atoms with Crippen molar-refractivity contribution in [1.29, 1.82) is 0 Å². The van der Waals surface area contributed by atoms with Gasteiger partial charge in [-0.25, -0.2) is 4.79 Å². The monoisotopic (exact) mass is 363 g/mol. The first-order valence-corrected chi connectivity index (χ1v) is 7.68. The van der Waals surface area contributed by atoms with Gasteiger partial charge in [0.2, 0.25) is 0 Å². The third-order valence-corrected chi connectivity index (χ3v) is 4.10. The Bertz CT molecular complexity index is 707. The van der Waals surface area contributed by atoms with E-state index in [-0.39, 0.29) is 5.69 Å². The van der Waals surface area contributed by atoms with Crippen LogP contribution in [0, 0.1) is 0 Å². The summed E-state index contributed by atoms with van der Waals surface area (Å²) < 4.78 is 0.841. The highest BCUT2D eigenvalue weighted by atomic mass is 79.9. The second-order valence-corrected chi connectivity index (χ2v) is 6.19. The minimum absolute atomic E-state index is 0.213. The molecule has 0 bridgehead atoms. The molecule has 1 aromatic carbocycles. The van der Waals surface area contributed by atoms with Gasteiger partial charge in [-0.1, -0.05) is 28.1 Å². The molecule has 2 aromatic rings. The number of aromatic amines is 1. The molecule has 1 fully saturated rings. The van der Waals surface area contributed by atoms with E-state index in [1.165, 1.54) is 0 Å². The average Bonchev–Trinajstić information content (AvgIpc) is 3.22. The van der Waals surface area contributed by atoms with Gasteiger partial charge in [0.15, 0.2) is 6.04 Å². The van der Waals surface area contributed by atoms with Gasteiger partial charge in [0, 0.05) is 16.1 Å². The molecule has 3 N–H and O–H groups in total. The third kappa shape index (κ3) is 3.19. The van der Waals surface area contributed by atoms with Crippen LogP contribution in [0.25, 0.3) is 0 Å². The van der Waals surface area contributed by atoms with Crippen LogP contribution in [0.4, 0.5) is 0 Å². The van der Waals surface area contributed by atoms with Gasteiger partial charge >= 0.3 is 5.97 Å². The quantitative estimate of drug-likeness (QED) is 0.760. The van der Waals surface area contributed by atoms with Gasteiger partial charge in [0.25, 0.3) is 5.91 Å². The molecule has 1 heterocycles. The molecule has 1 atom stereocenters. The summed E-state index contributed by atoms with van der Waals surface area (Å²) >= 11 is 3.29. The maximum atomic E-state index is 12.2. The highest BCUT2D eigenvalue weighted by Gasteiger charge is 2.28. The number of H-pyrrole nitrogens is 1. The second-order valence-electron chi connectivity index (χ2n) is 5.28. The van der Waals surface area contributed by atoms with Crippen LogP contribution in [0.1, 0.15) is 46.5 Å². The molecule has 1 aromatic heterocycles. The van der Waals surface area contributed by atoms with Crippen LogP contribution in [-0.2, 0) is 4.79 Å². The van der Waals surface area contributed by atoms with Crippen LogP contribution < -0.4 is 5.32 Å². The molecule has 1 saturated carbocycles. The lowest BCUT2D eigenvalue weighted by atomic mass is 10.1. The molecule has 0 radical (unpaired) electrons. The summed E-state index contributed by atoms with van der Waals surface area (Å²) in [7, 11) is 0. The number of carbonyl (C=O) groups excluding carboxylic acids is 1. The van der Waals surface area contributed by atoms with Crippen molar-refractivity contribution >= 4 is 27.8 Å². The first kappa shape index (κ1) is 14.8. The summed E-state index contributed by atoms with van der Waals surface area (Å²) in [5.74, 6) is -1.16. The number of carboxylic acid groups (broad SMARTS) is 1. The van der Waals surface area contributed by atoms with E-state index in [0.717, 1.165) is 23.0 Å². The summed E-state index contributed by atoms with van der Waals surface area (Å²) in [5.41, 5.74) is 1.65. The lowest BCUT2D eigenvalue weighted by Crippen LogP contribution is -2.33. The van der Waals surface area contributed by atoms with Crippen LogP contribution in [0.3, 0.4) is 0 Å². The van der Waals surface area contributed by atoms with E-state index >= 15 is 0 Å². The van der Waals surface area contributed by atoms with Crippen LogP contribution in [0.5, 0.6) is 0 Å². The van der Waals surface area contributed by atoms with E-state index < -0.39 is 17.9 Å². The maximum absolute atomic E-state index is 12.2. The molecule has 1 unspecified atom stereocenters. The van der Waals surface area contributed by atoms with E-state index in [2.05, 4.69) is 31.4 Å². The number of carbonyl (C=O) groups is 2. The number of nitrogens with one attached hydrogen (secondary N) is 2. The normalized spacial score (nSPS) is 15.3. The fourth-order valence-electron chi connectivity index (χ4n) is 2.20. The Hall–Kier alpha value is -2.15. The molecule has 0 spiro atoms. The van der Waals surface area contributed by atoms with Crippen molar-refractivity contribution in [1.82, 2.24) is 15.5 Å². The predicted octanol–water partition coefficient (Wildman–Crippen LogP) is 2.61. The van der Waals surface area contributed by atoms with E-state index in [1.54, 1.807) is 30.3 Å². The van der Waals surface area contributed by atoms with Gasteiger partial charge in [-0.15, -0.1) is 0 Å². The minimum Gasteiger partial charge on any atom is -0.479 e. The van der Waals surface area contributed by atoms with Crippen LogP contribution >= 0.6 is 15.9 Å². The van der Waals surface area contributed by atoms with Crippen molar-refractivity contribution in [3.63, 3.8) is 0 Å². The molecule has 7 heteroatoms. The van der Waals surface area contributed by atoms with Crippen molar-refractivity contribution in [2.45, 2.75) is 24.8 Å². The number of aliphatic carboxylic acids is 1. The largest absolute Gasteiger partial charge is 0.479 e. The number of rotatable bonds is 5. The number of hydrogen-bond acceptors (Lipinski definition) is 3. The Morgan fingerprint density at radius 3 is 2.59 bits per heavy atom. The number of hydrogen-bond donors (Lipinski definition) is 3. The van der Waals surface area contributed by atoms with Crippen molar-refractivity contribution in [3.8, 4) is 0 Å². The molecular formula is C15H14BrN3O3. The Kier molecular flexibility index (Phi) is 3.98. The second kappa shape index (κ2) is 5.92. The summed E-state index contributed by atoms with van der Waals surface area (Å²) in [6, 6.07) is 7.36. The topological polar surface area (TPSA) is 95.1 Å². The molecule has 6 nitrogen and oxygen atoms in total. The highest BCUT2D eigenvalue weighted by Crippen LogP contribution is 2.39. The Balaban J connectivity index is 1.76. The zero-order chi connectivity index (χ0) is 15.7. The molecule has 3 rings (SSSR count). The molecule has 1 aliphatic rings. The SMILES string of the molecule is O=C(NC(C(=O)O)c1ccc(Br)cc1)c1cc(C2CC2)[nH]n1. The molecular weight excluding hydrogens is 350 g/mol. The standard InChI is InChI=1S/C15H14BrN3O3/c16-10-5-3-9(4-6-10)13(15(21)22)17-14(20)12-7-11(18-19-12)8-1-2-8/h3-8,13H,1-2H2,(H,17,20)(H,18,19)(H,21,22). The van der Waals surface area contributed by atoms with Gasteiger partial charge < -0.3 is 10.4 Å². The third-order valence-electron chi connectivity index (χ3n) is 3.57. The van der Waals surface area contributed by atoms with E-state index in [1.807, 2.05) is 0 Å². The Morgan fingerprint density at radius 1 is 1.32 bits per heavy atom. The Morgan fingerprint density at radius 2 is 2.00 bits per heavy atom. The molecule has 0 aliphatic heterocycles. The van der Waals surface area contributed by atoms with Crippen molar-refractivity contribution in [2.24, 2.45) is 0 Å². The Labute approximate surface area is 135 Å². The smallest absolute Gasteiger partial charge is 0.330 e. The number of benzene rings is 1. The zero-order valence-corrected chi connectivity index (χ0v) is 13.1. The molecule has 114 valence electrons. The fraction of sp³-hybridized carbons (Fsp3) is 0.267. The average molecular weight is 364 g/mol. The van der Waals surface area contributed by atoms with Crippen molar-refractivity contribution in [3.05, 3.63) is 51.8 Å². The maximum Gasteiger partial charge on any atom is 0.330 e. The number of carboxylic acids is 1. The fourth-order valence-corrected chi connectivity index (χ4v) is 2.47. The van der Waals surface area contributed by atoms with E-state index in [9.17, 15) is 14.7 Å². The number of nitrogens with zero attached hydrogens (tertiary/aromatic N) is 1. The molecule has 22 heavy (non-hydrogen) atoms. The first-order chi connectivity index (χ1) is 10.5. The molecule has 0 saturated heterocycles. The zero-order valence-electron chi connectivity index (χ0n) is 11.5. The van der Waals surface area contributed by atoms with Crippen molar-refractivity contribution < 1.29 is 14.7 Å². The number of aromatic nitrogens is 2. The first-order valence-electron chi connectivity index (χ1n) is 6.89. The summed E-state index contributed by atoms with van der Waals surface area (Å²) in [5, 5.41) is 18.6. The lowest BCUT2D eigenvalue weighted by Gasteiger charge is -2.14. The summed E-state index contributed by atoms with van der Waals surface area (Å²) in [6.45, 7) is 0. The summed E-state index contributed by atoms with van der Waals surface area (Å²) in [6.07, 6.45) is 2.19. The highest BCUT2D eigenvalue weighted by molar-refractivity contribution is 9.10. The lowest BCUT2D eigenvalue weighted by molar-refractivity contribution is -0.139. The number of halogens is 1.